The summed E-state index contributed by atoms with van der Waals surface area (Å²) in [7, 11) is 2.93. The molecule has 0 heterocycles. The largest absolute Gasteiger partial charge is 0.497 e. The maximum Gasteiger partial charge on any atom is 0.319 e. The number of anilines is 1. The normalized spacial score (nSPS) is 11.5. The first-order valence-corrected chi connectivity index (χ1v) is 5.98. The van der Waals surface area contributed by atoms with Crippen LogP contribution in [0.2, 0.25) is 0 Å². The maximum atomic E-state index is 11.7. The van der Waals surface area contributed by atoms with Crippen LogP contribution in [0.1, 0.15) is 6.42 Å². The summed E-state index contributed by atoms with van der Waals surface area (Å²) in [5.41, 5.74) is 0.578. The van der Waals surface area contributed by atoms with Crippen molar-refractivity contribution >= 4 is 17.7 Å². The molecule has 1 rings (SSSR count). The Morgan fingerprint density at radius 1 is 1.35 bits per heavy atom. The molecule has 1 unspecified atom stereocenters. The van der Waals surface area contributed by atoms with Crippen molar-refractivity contribution in [3.05, 3.63) is 24.3 Å². The van der Waals surface area contributed by atoms with Crippen LogP contribution in [0.15, 0.2) is 24.3 Å². The Balaban J connectivity index is 2.44. The Morgan fingerprint density at radius 2 is 2.10 bits per heavy atom. The molecule has 1 aromatic rings. The van der Waals surface area contributed by atoms with Crippen molar-refractivity contribution in [3.63, 3.8) is 0 Å². The second kappa shape index (κ2) is 8.00. The minimum atomic E-state index is -0.980. The van der Waals surface area contributed by atoms with Crippen molar-refractivity contribution < 1.29 is 24.2 Å². The molecule has 7 nitrogen and oxygen atoms in total. The van der Waals surface area contributed by atoms with E-state index in [0.29, 0.717) is 11.4 Å². The molecule has 0 saturated heterocycles. The smallest absolute Gasteiger partial charge is 0.319 e. The number of ether oxygens (including phenoxy) is 2. The molecular formula is C13H18N2O5. The van der Waals surface area contributed by atoms with Gasteiger partial charge in [0.15, 0.2) is 0 Å². The van der Waals surface area contributed by atoms with Crippen molar-refractivity contribution in [3.8, 4) is 5.75 Å². The summed E-state index contributed by atoms with van der Waals surface area (Å²) in [6.07, 6.45) is -0.737. The van der Waals surface area contributed by atoms with Crippen LogP contribution in [0.25, 0.3) is 0 Å². The van der Waals surface area contributed by atoms with Gasteiger partial charge in [-0.15, -0.1) is 0 Å². The van der Waals surface area contributed by atoms with Gasteiger partial charge in [0.1, 0.15) is 5.75 Å². The van der Waals surface area contributed by atoms with Crippen LogP contribution in [0.4, 0.5) is 10.5 Å². The summed E-state index contributed by atoms with van der Waals surface area (Å²) in [4.78, 5) is 22.2. The number of hydrogen-bond donors (Lipinski definition) is 3. The van der Waals surface area contributed by atoms with Gasteiger partial charge >= 0.3 is 12.0 Å². The lowest BCUT2D eigenvalue weighted by Gasteiger charge is -2.14. The topological polar surface area (TPSA) is 96.9 Å². The van der Waals surface area contributed by atoms with Crippen LogP contribution in [-0.2, 0) is 9.53 Å². The van der Waals surface area contributed by atoms with Crippen molar-refractivity contribution in [2.24, 2.45) is 0 Å². The van der Waals surface area contributed by atoms with Gasteiger partial charge in [-0.3, -0.25) is 4.79 Å². The van der Waals surface area contributed by atoms with Crippen molar-refractivity contribution in [1.82, 2.24) is 5.32 Å². The number of urea groups is 1. The molecule has 0 bridgehead atoms. The van der Waals surface area contributed by atoms with E-state index < -0.39 is 18.1 Å². The number of hydrogen-bond acceptors (Lipinski definition) is 4. The highest BCUT2D eigenvalue weighted by atomic mass is 16.5. The van der Waals surface area contributed by atoms with E-state index in [2.05, 4.69) is 10.6 Å². The van der Waals surface area contributed by atoms with E-state index in [4.69, 9.17) is 14.6 Å². The molecule has 0 aliphatic carbocycles. The maximum absolute atomic E-state index is 11.7. The average molecular weight is 282 g/mol. The number of rotatable bonds is 7. The van der Waals surface area contributed by atoms with E-state index in [1.54, 1.807) is 24.3 Å². The summed E-state index contributed by atoms with van der Waals surface area (Å²) in [5, 5.41) is 13.8. The number of carboxylic acids is 1. The number of nitrogens with one attached hydrogen (secondary N) is 2. The molecule has 1 atom stereocenters. The predicted molar refractivity (Wildman–Crippen MR) is 73.1 cm³/mol. The fourth-order valence-corrected chi connectivity index (χ4v) is 1.52. The summed E-state index contributed by atoms with van der Waals surface area (Å²) >= 11 is 0. The molecular weight excluding hydrogens is 264 g/mol. The average Bonchev–Trinajstić information content (AvgIpc) is 2.43. The van der Waals surface area contributed by atoms with Crippen LogP contribution in [-0.4, -0.2) is 44.0 Å². The fourth-order valence-electron chi connectivity index (χ4n) is 1.52. The lowest BCUT2D eigenvalue weighted by Crippen LogP contribution is -2.37. The number of carbonyl (C=O) groups is 2. The van der Waals surface area contributed by atoms with Crippen molar-refractivity contribution in [2.75, 3.05) is 26.1 Å². The summed E-state index contributed by atoms with van der Waals surface area (Å²) in [5.74, 6) is -0.352. The van der Waals surface area contributed by atoms with E-state index in [9.17, 15) is 9.59 Å². The third kappa shape index (κ3) is 5.57. The minimum absolute atomic E-state index is 0.110. The monoisotopic (exact) mass is 282 g/mol. The highest BCUT2D eigenvalue weighted by molar-refractivity contribution is 5.89. The third-order valence-electron chi connectivity index (χ3n) is 2.55. The number of aliphatic carboxylic acids is 1. The number of benzene rings is 1. The molecule has 0 radical (unpaired) electrons. The standard InChI is InChI=1S/C13H18N2O5/c1-19-10-5-3-4-9(6-10)15-13(18)14-8-11(20-2)7-12(16)17/h3-6,11H,7-8H2,1-2H3,(H,16,17)(H2,14,15,18). The predicted octanol–water partition coefficient (Wildman–Crippen LogP) is 1.31. The van der Waals surface area contributed by atoms with Gasteiger partial charge in [0, 0.05) is 25.4 Å². The van der Waals surface area contributed by atoms with Gasteiger partial charge < -0.3 is 25.2 Å². The zero-order chi connectivity index (χ0) is 15.0. The van der Waals surface area contributed by atoms with Crippen LogP contribution in [0, 0.1) is 0 Å². The molecule has 3 N–H and O–H groups in total. The SMILES string of the molecule is COc1cccc(NC(=O)NCC(CC(=O)O)OC)c1. The Kier molecular flexibility index (Phi) is 6.31. The Hall–Kier alpha value is -2.28. The first-order valence-electron chi connectivity index (χ1n) is 5.98. The molecule has 1 aromatic carbocycles. The molecule has 2 amide bonds. The van der Waals surface area contributed by atoms with Gasteiger partial charge in [-0.2, -0.15) is 0 Å². The van der Waals surface area contributed by atoms with Gasteiger partial charge in [0.05, 0.1) is 19.6 Å². The third-order valence-corrected chi connectivity index (χ3v) is 2.55. The number of amides is 2. The number of carboxylic acid groups (broad SMARTS) is 1. The van der Waals surface area contributed by atoms with E-state index >= 15 is 0 Å². The second-order valence-electron chi connectivity index (χ2n) is 4.02. The first-order chi connectivity index (χ1) is 9.55. The molecule has 20 heavy (non-hydrogen) atoms. The van der Waals surface area contributed by atoms with Gasteiger partial charge in [-0.25, -0.2) is 4.79 Å². The lowest BCUT2D eigenvalue weighted by molar-refractivity contribution is -0.139. The quantitative estimate of drug-likeness (QED) is 0.700. The molecule has 0 saturated carbocycles. The van der Waals surface area contributed by atoms with Crippen LogP contribution < -0.4 is 15.4 Å². The minimum Gasteiger partial charge on any atom is -0.497 e. The highest BCUT2D eigenvalue weighted by Gasteiger charge is 2.13. The van der Waals surface area contributed by atoms with E-state index in [0.717, 1.165) is 0 Å². The zero-order valence-electron chi connectivity index (χ0n) is 11.4. The Labute approximate surface area is 116 Å². The Morgan fingerprint density at radius 3 is 2.70 bits per heavy atom. The van der Waals surface area contributed by atoms with Crippen LogP contribution >= 0.6 is 0 Å². The molecule has 7 heteroatoms. The molecule has 0 aliphatic heterocycles. The zero-order valence-corrected chi connectivity index (χ0v) is 11.4. The highest BCUT2D eigenvalue weighted by Crippen LogP contribution is 2.16. The summed E-state index contributed by atoms with van der Waals surface area (Å²) in [6, 6.07) is 6.46. The van der Waals surface area contributed by atoms with E-state index in [1.807, 2.05) is 0 Å². The molecule has 0 fully saturated rings. The molecule has 0 spiro atoms. The number of methoxy groups -OCH3 is 2. The van der Waals surface area contributed by atoms with Crippen LogP contribution in [0.3, 0.4) is 0 Å². The van der Waals surface area contributed by atoms with Gasteiger partial charge in [0.25, 0.3) is 0 Å². The van der Waals surface area contributed by atoms with Crippen molar-refractivity contribution in [2.45, 2.75) is 12.5 Å². The fraction of sp³-hybridized carbons (Fsp3) is 0.385. The van der Waals surface area contributed by atoms with E-state index in [-0.39, 0.29) is 13.0 Å². The lowest BCUT2D eigenvalue weighted by atomic mass is 10.2. The molecule has 0 aromatic heterocycles. The molecule has 0 aliphatic rings. The summed E-state index contributed by atoms with van der Waals surface area (Å²) < 4.78 is 9.99. The van der Waals surface area contributed by atoms with Gasteiger partial charge in [-0.1, -0.05) is 6.07 Å². The van der Waals surface area contributed by atoms with Crippen molar-refractivity contribution in [1.29, 1.82) is 0 Å². The van der Waals surface area contributed by atoms with Crippen LogP contribution in [0.5, 0.6) is 5.75 Å². The molecule has 110 valence electrons. The second-order valence-corrected chi connectivity index (χ2v) is 4.02. The van der Waals surface area contributed by atoms with E-state index in [1.165, 1.54) is 14.2 Å². The first kappa shape index (κ1) is 15.8. The Bertz CT molecular complexity index is 464. The number of carbonyl (C=O) groups excluding carboxylic acids is 1. The van der Waals surface area contributed by atoms with Gasteiger partial charge in [0.2, 0.25) is 0 Å². The summed E-state index contributed by atoms with van der Waals surface area (Å²) in [6.45, 7) is 0.110. The van der Waals surface area contributed by atoms with Gasteiger partial charge in [-0.05, 0) is 12.1 Å².